The highest BCUT2D eigenvalue weighted by atomic mass is 16.5. The van der Waals surface area contributed by atoms with Crippen molar-refractivity contribution in [2.45, 2.75) is 50.9 Å². The Kier molecular flexibility index (Phi) is 9.95. The summed E-state index contributed by atoms with van der Waals surface area (Å²) in [5, 5.41) is 4.50. The molecule has 6 heterocycles. The molecule has 14 nitrogen and oxygen atoms in total. The second kappa shape index (κ2) is 15.7. The number of pyridine rings is 3. The number of fused-ring (bicyclic) bond motifs is 4. The van der Waals surface area contributed by atoms with Gasteiger partial charge in [0.15, 0.2) is 0 Å². The molecule has 1 saturated carbocycles. The molecule has 4 amide bonds. The van der Waals surface area contributed by atoms with E-state index in [0.29, 0.717) is 23.1 Å². The number of piperidine rings is 1. The number of carbonyl (C=O) groups excluding carboxylic acids is 4. The van der Waals surface area contributed by atoms with Crippen LogP contribution in [0.1, 0.15) is 57.7 Å². The molecule has 9 rings (SSSR count). The predicted molar refractivity (Wildman–Crippen MR) is 215 cm³/mol. The summed E-state index contributed by atoms with van der Waals surface area (Å²) in [6.07, 6.45) is 8.93. The number of hydrogen-bond acceptors (Lipinski definition) is 11. The summed E-state index contributed by atoms with van der Waals surface area (Å²) in [5.74, 6) is 5.39. The number of aromatic nitrogens is 4. The van der Waals surface area contributed by atoms with E-state index in [2.05, 4.69) is 61.9 Å². The van der Waals surface area contributed by atoms with E-state index >= 15 is 0 Å². The number of ether oxygens (including phenoxy) is 4. The summed E-state index contributed by atoms with van der Waals surface area (Å²) in [6.45, 7) is 2.52. The summed E-state index contributed by atoms with van der Waals surface area (Å²) in [7, 11) is 2.07. The monoisotopic (exact) mass is 790 g/mol. The van der Waals surface area contributed by atoms with Gasteiger partial charge in [-0.05, 0) is 72.9 Å². The maximum atomic E-state index is 13.0. The summed E-state index contributed by atoms with van der Waals surface area (Å²) in [5.41, 5.74) is 6.25. The number of rotatable bonds is 11. The maximum absolute atomic E-state index is 13.0. The zero-order valence-corrected chi connectivity index (χ0v) is 32.3. The topological polar surface area (TPSA) is 164 Å². The molecule has 0 bridgehead atoms. The zero-order valence-electron chi connectivity index (χ0n) is 32.3. The number of nitrogens with zero attached hydrogens (tertiary/aromatic N) is 5. The highest BCUT2D eigenvalue weighted by molar-refractivity contribution is 6.23. The smallest absolute Gasteiger partial charge is 0.262 e. The lowest BCUT2D eigenvalue weighted by atomic mass is 9.92. The first-order chi connectivity index (χ1) is 28.7. The number of nitrogens with one attached hydrogen (secondary N) is 1. The van der Waals surface area contributed by atoms with Gasteiger partial charge in [0.25, 0.3) is 11.8 Å². The van der Waals surface area contributed by atoms with Crippen LogP contribution in [0.25, 0.3) is 32.9 Å². The molecule has 0 radical (unpaired) electrons. The van der Waals surface area contributed by atoms with E-state index in [4.69, 9.17) is 18.9 Å². The normalized spacial score (nSPS) is 18.6. The van der Waals surface area contributed by atoms with E-state index in [-0.39, 0.29) is 56.0 Å². The quantitative estimate of drug-likeness (QED) is 0.103. The van der Waals surface area contributed by atoms with Gasteiger partial charge in [0.1, 0.15) is 48.7 Å². The van der Waals surface area contributed by atoms with Crippen molar-refractivity contribution < 1.29 is 38.1 Å². The molecule has 6 aromatic rings. The molecule has 1 atom stereocenters. The van der Waals surface area contributed by atoms with Crippen LogP contribution < -0.4 is 19.5 Å². The molecule has 2 aliphatic heterocycles. The summed E-state index contributed by atoms with van der Waals surface area (Å²) < 4.78 is 25.9. The molecule has 1 saturated heterocycles. The molecular formula is C45H38N6O8. The first-order valence-electron chi connectivity index (χ1n) is 19.3. The van der Waals surface area contributed by atoms with Crippen molar-refractivity contribution in [3.8, 4) is 40.3 Å². The second-order valence-electron chi connectivity index (χ2n) is 14.7. The van der Waals surface area contributed by atoms with Crippen LogP contribution in [0.5, 0.6) is 17.4 Å². The fraction of sp³-hybridized carbons (Fsp3) is 0.267. The van der Waals surface area contributed by atoms with Crippen molar-refractivity contribution >= 4 is 45.4 Å². The largest absolute Gasteiger partial charge is 0.491 e. The molecule has 4 aromatic heterocycles. The second-order valence-corrected chi connectivity index (χ2v) is 14.7. The molecular weight excluding hydrogens is 753 g/mol. The van der Waals surface area contributed by atoms with Crippen LogP contribution in [0, 0.1) is 18.8 Å². The minimum absolute atomic E-state index is 0.0161. The lowest BCUT2D eigenvalue weighted by Gasteiger charge is -2.35. The minimum Gasteiger partial charge on any atom is -0.491 e. The Bertz CT molecular complexity index is 2730. The van der Waals surface area contributed by atoms with E-state index in [1.54, 1.807) is 12.3 Å². The number of carbonyl (C=O) groups is 4. The van der Waals surface area contributed by atoms with Gasteiger partial charge in [0.2, 0.25) is 17.7 Å². The average molecular weight is 791 g/mol. The molecule has 59 heavy (non-hydrogen) atoms. The van der Waals surface area contributed by atoms with E-state index < -0.39 is 29.7 Å². The zero-order chi connectivity index (χ0) is 40.6. The van der Waals surface area contributed by atoms with Crippen molar-refractivity contribution in [1.29, 1.82) is 0 Å². The Morgan fingerprint density at radius 2 is 1.64 bits per heavy atom. The molecule has 1 aliphatic carbocycles. The standard InChI is InChI=1S/C45H38N6O8/c1-26-18-29(4-3-15-56-16-17-57-30-7-9-34-35(22-30)45(55)51(44(34)54)38-10-11-41(52)49-43(38)53)47-25-40(26)58-31-20-32(21-31)59-42-12-6-28(23-48-42)27-5-8-33-36-24-46-14-13-37(36)50(2)39(33)19-27/h5-9,12-14,18-19,22-25,31-32,38H,10-11,15-17,20-21H2,1-2H3,(H,49,52,53). The average Bonchev–Trinajstić information content (AvgIpc) is 3.65. The fourth-order valence-electron chi connectivity index (χ4n) is 7.66. The van der Waals surface area contributed by atoms with Crippen LogP contribution in [-0.2, 0) is 21.4 Å². The summed E-state index contributed by atoms with van der Waals surface area (Å²) in [6, 6.07) is 17.8. The van der Waals surface area contributed by atoms with Gasteiger partial charge in [-0.3, -0.25) is 34.4 Å². The SMILES string of the molecule is Cc1cc(C#CCOCCOc2ccc3c(c2)C(=O)N(C2CCC(=O)NC2=O)C3=O)ncc1OC1CC(Oc2ccc(-c3ccc4c5cnccc5n(C)c4c3)cn2)C1. The van der Waals surface area contributed by atoms with Gasteiger partial charge in [0.05, 0.1) is 29.4 Å². The number of amides is 4. The van der Waals surface area contributed by atoms with Crippen molar-refractivity contribution in [3.05, 3.63) is 108 Å². The minimum atomic E-state index is -1.02. The number of aryl methyl sites for hydroxylation is 2. The molecule has 2 fully saturated rings. The van der Waals surface area contributed by atoms with Crippen LogP contribution >= 0.6 is 0 Å². The van der Waals surface area contributed by atoms with Gasteiger partial charge >= 0.3 is 0 Å². The molecule has 3 aliphatic rings. The van der Waals surface area contributed by atoms with Crippen LogP contribution in [0.3, 0.4) is 0 Å². The third kappa shape index (κ3) is 7.44. The first-order valence-corrected chi connectivity index (χ1v) is 19.3. The highest BCUT2D eigenvalue weighted by Gasteiger charge is 2.44. The van der Waals surface area contributed by atoms with Crippen molar-refractivity contribution in [2.24, 2.45) is 7.05 Å². The van der Waals surface area contributed by atoms with Gasteiger partial charge in [-0.1, -0.05) is 18.1 Å². The summed E-state index contributed by atoms with van der Waals surface area (Å²) >= 11 is 0. The third-order valence-corrected chi connectivity index (χ3v) is 10.9. The van der Waals surface area contributed by atoms with Gasteiger partial charge in [0, 0.05) is 72.8 Å². The van der Waals surface area contributed by atoms with Gasteiger partial charge in [-0.25, -0.2) is 9.97 Å². The molecule has 2 aromatic carbocycles. The van der Waals surface area contributed by atoms with E-state index in [1.807, 2.05) is 49.8 Å². The molecule has 296 valence electrons. The first kappa shape index (κ1) is 37.5. The van der Waals surface area contributed by atoms with Gasteiger partial charge in [-0.15, -0.1) is 0 Å². The maximum Gasteiger partial charge on any atom is 0.262 e. The molecule has 1 N–H and O–H groups in total. The lowest BCUT2D eigenvalue weighted by Crippen LogP contribution is -2.54. The Morgan fingerprint density at radius 3 is 2.46 bits per heavy atom. The predicted octanol–water partition coefficient (Wildman–Crippen LogP) is 5.33. The van der Waals surface area contributed by atoms with E-state index in [9.17, 15) is 19.2 Å². The highest BCUT2D eigenvalue weighted by Crippen LogP contribution is 2.34. The van der Waals surface area contributed by atoms with Crippen LogP contribution in [0.4, 0.5) is 0 Å². The third-order valence-electron chi connectivity index (χ3n) is 10.9. The summed E-state index contributed by atoms with van der Waals surface area (Å²) in [4.78, 5) is 64.0. The van der Waals surface area contributed by atoms with E-state index in [1.165, 1.54) is 17.5 Å². The van der Waals surface area contributed by atoms with E-state index in [0.717, 1.165) is 50.9 Å². The fourth-order valence-corrected chi connectivity index (χ4v) is 7.66. The molecule has 1 unspecified atom stereocenters. The van der Waals surface area contributed by atoms with Crippen molar-refractivity contribution in [1.82, 2.24) is 29.7 Å². The van der Waals surface area contributed by atoms with Crippen LogP contribution in [0.2, 0.25) is 0 Å². The lowest BCUT2D eigenvalue weighted by molar-refractivity contribution is -0.136. The Hall–Kier alpha value is -7.11. The van der Waals surface area contributed by atoms with Crippen molar-refractivity contribution in [2.75, 3.05) is 19.8 Å². The van der Waals surface area contributed by atoms with Crippen LogP contribution in [-0.4, -0.2) is 86.1 Å². The van der Waals surface area contributed by atoms with Gasteiger partial charge < -0.3 is 23.5 Å². The number of benzene rings is 2. The number of imide groups is 2. The molecule has 14 heteroatoms. The van der Waals surface area contributed by atoms with Crippen LogP contribution in [0.15, 0.2) is 85.5 Å². The Balaban J connectivity index is 0.697. The van der Waals surface area contributed by atoms with Gasteiger partial charge in [-0.2, -0.15) is 0 Å². The number of hydrogen-bond donors (Lipinski definition) is 1. The Labute approximate surface area is 338 Å². The molecule has 0 spiro atoms. The van der Waals surface area contributed by atoms with Crippen molar-refractivity contribution in [3.63, 3.8) is 0 Å². The Morgan fingerprint density at radius 1 is 0.814 bits per heavy atom.